The van der Waals surface area contributed by atoms with Crippen LogP contribution in [0, 0.1) is 0 Å². The number of nitrogens with two attached hydrogens (primary N) is 1. The van der Waals surface area contributed by atoms with E-state index < -0.39 is 6.09 Å². The zero-order valence-electron chi connectivity index (χ0n) is 11.0. The van der Waals surface area contributed by atoms with Crippen LogP contribution in [0.4, 0.5) is 27.7 Å². The predicted octanol–water partition coefficient (Wildman–Crippen LogP) is 3.21. The average Bonchev–Trinajstić information content (AvgIpc) is 2.86. The molecule has 0 bridgehead atoms. The Morgan fingerprint density at radius 3 is 2.95 bits per heavy atom. The van der Waals surface area contributed by atoms with Crippen molar-refractivity contribution in [3.63, 3.8) is 0 Å². The first-order chi connectivity index (χ1) is 10.0. The predicted molar refractivity (Wildman–Crippen MR) is 85.1 cm³/mol. The Kier molecular flexibility index (Phi) is 3.42. The lowest BCUT2D eigenvalue weighted by molar-refractivity contribution is 0.202. The highest BCUT2D eigenvalue weighted by molar-refractivity contribution is 9.10. The van der Waals surface area contributed by atoms with Crippen LogP contribution in [0.1, 0.15) is 5.56 Å². The molecule has 1 amide bonds. The Morgan fingerprint density at radius 2 is 2.19 bits per heavy atom. The first kappa shape index (κ1) is 13.7. The van der Waals surface area contributed by atoms with Gasteiger partial charge in [-0.25, -0.2) is 9.78 Å². The van der Waals surface area contributed by atoms with E-state index in [-0.39, 0.29) is 0 Å². The van der Waals surface area contributed by atoms with Crippen molar-refractivity contribution in [2.45, 2.75) is 6.42 Å². The molecule has 0 atom stereocenters. The van der Waals surface area contributed by atoms with Gasteiger partial charge in [0, 0.05) is 12.2 Å². The van der Waals surface area contributed by atoms with Gasteiger partial charge in [0.25, 0.3) is 0 Å². The Hall–Kier alpha value is -2.28. The van der Waals surface area contributed by atoms with Crippen LogP contribution in [0.3, 0.4) is 0 Å². The molecule has 7 heteroatoms. The highest BCUT2D eigenvalue weighted by Crippen LogP contribution is 2.32. The van der Waals surface area contributed by atoms with Gasteiger partial charge < -0.3 is 16.2 Å². The topological polar surface area (TPSA) is 91.5 Å². The van der Waals surface area contributed by atoms with Gasteiger partial charge in [0.2, 0.25) is 0 Å². The molecule has 2 heterocycles. The molecule has 1 aliphatic rings. The number of benzene rings is 1. The number of nitrogens with one attached hydrogen (secondary N) is 1. The first-order valence-electron chi connectivity index (χ1n) is 6.37. The number of hydrogen-bond donors (Lipinski definition) is 3. The maximum Gasteiger partial charge on any atom is 0.411 e. The van der Waals surface area contributed by atoms with Crippen LogP contribution in [0.15, 0.2) is 34.9 Å². The van der Waals surface area contributed by atoms with Crippen molar-refractivity contribution < 1.29 is 9.90 Å². The van der Waals surface area contributed by atoms with E-state index in [1.54, 1.807) is 18.2 Å². The highest BCUT2D eigenvalue weighted by atomic mass is 79.9. The molecule has 21 heavy (non-hydrogen) atoms. The molecule has 0 spiro atoms. The molecule has 0 saturated carbocycles. The van der Waals surface area contributed by atoms with Crippen molar-refractivity contribution in [1.29, 1.82) is 0 Å². The average molecular weight is 349 g/mol. The van der Waals surface area contributed by atoms with Crippen molar-refractivity contribution in [2.75, 3.05) is 22.5 Å². The second kappa shape index (κ2) is 5.25. The summed E-state index contributed by atoms with van der Waals surface area (Å²) < 4.78 is 0.692. The van der Waals surface area contributed by atoms with E-state index in [2.05, 4.69) is 26.2 Å². The molecule has 0 radical (unpaired) electrons. The van der Waals surface area contributed by atoms with Crippen LogP contribution in [0.25, 0.3) is 0 Å². The number of aromatic nitrogens is 1. The largest absolute Gasteiger partial charge is 0.465 e. The quantitative estimate of drug-likeness (QED) is 0.724. The molecular weight excluding hydrogens is 336 g/mol. The van der Waals surface area contributed by atoms with Gasteiger partial charge in [0.05, 0.1) is 11.4 Å². The molecule has 0 unspecified atom stereocenters. The van der Waals surface area contributed by atoms with Gasteiger partial charge in [0.1, 0.15) is 4.60 Å². The molecule has 0 aliphatic carbocycles. The monoisotopic (exact) mass is 348 g/mol. The number of rotatable bonds is 2. The fraction of sp³-hybridized carbons (Fsp3) is 0.143. The molecule has 6 nitrogen and oxygen atoms in total. The zero-order valence-corrected chi connectivity index (χ0v) is 12.6. The first-order valence-corrected chi connectivity index (χ1v) is 7.16. The summed E-state index contributed by atoms with van der Waals surface area (Å²) in [5, 5.41) is 12.3. The summed E-state index contributed by atoms with van der Waals surface area (Å²) in [6, 6.07) is 9.09. The van der Waals surface area contributed by atoms with Crippen molar-refractivity contribution in [1.82, 2.24) is 4.98 Å². The molecule has 108 valence electrons. The second-order valence-electron chi connectivity index (χ2n) is 4.72. The third-order valence-corrected chi connectivity index (χ3v) is 3.80. The summed E-state index contributed by atoms with van der Waals surface area (Å²) >= 11 is 3.30. The van der Waals surface area contributed by atoms with Crippen molar-refractivity contribution in [3.8, 4) is 0 Å². The van der Waals surface area contributed by atoms with Crippen molar-refractivity contribution >= 4 is 44.9 Å². The molecule has 1 aromatic carbocycles. The Balaban J connectivity index is 1.88. The zero-order chi connectivity index (χ0) is 15.0. The number of amides is 1. The molecule has 2 aromatic rings. The number of pyridine rings is 1. The summed E-state index contributed by atoms with van der Waals surface area (Å²) in [6.45, 7) is 0.491. The third-order valence-electron chi connectivity index (χ3n) is 3.36. The lowest BCUT2D eigenvalue weighted by Gasteiger charge is -2.14. The summed E-state index contributed by atoms with van der Waals surface area (Å²) in [5.74, 6) is 0.567. The van der Waals surface area contributed by atoms with Crippen molar-refractivity contribution in [2.24, 2.45) is 0 Å². The molecule has 0 saturated heterocycles. The van der Waals surface area contributed by atoms with Gasteiger partial charge >= 0.3 is 6.09 Å². The van der Waals surface area contributed by atoms with Crippen LogP contribution in [0.5, 0.6) is 0 Å². The number of hydrogen-bond acceptors (Lipinski definition) is 4. The summed E-state index contributed by atoms with van der Waals surface area (Å²) in [6.07, 6.45) is -0.217. The standard InChI is InChI=1S/C14H13BrN4O2/c15-12-4-2-10(16)13(18-12)17-9-1-3-11-8(7-9)5-6-19(11)14(20)21/h1-4,7H,5-6,16H2,(H,17,18)(H,20,21). The number of nitrogen functional groups attached to an aromatic ring is 1. The van der Waals surface area contributed by atoms with Crippen LogP contribution < -0.4 is 16.0 Å². The highest BCUT2D eigenvalue weighted by Gasteiger charge is 2.24. The maximum atomic E-state index is 11.1. The van der Waals surface area contributed by atoms with Gasteiger partial charge in [-0.3, -0.25) is 4.90 Å². The second-order valence-corrected chi connectivity index (χ2v) is 5.54. The van der Waals surface area contributed by atoms with E-state index in [9.17, 15) is 4.79 Å². The maximum absolute atomic E-state index is 11.1. The Bertz CT molecular complexity index is 720. The fourth-order valence-corrected chi connectivity index (χ4v) is 2.67. The molecule has 1 aliphatic heterocycles. The fourth-order valence-electron chi connectivity index (χ4n) is 2.36. The van der Waals surface area contributed by atoms with Gasteiger partial charge in [-0.2, -0.15) is 0 Å². The SMILES string of the molecule is Nc1ccc(Br)nc1Nc1ccc2c(c1)CCN2C(=O)O. The minimum Gasteiger partial charge on any atom is -0.465 e. The Labute approximate surface area is 129 Å². The molecular formula is C14H13BrN4O2. The van der Waals surface area contributed by atoms with Gasteiger partial charge in [-0.15, -0.1) is 0 Å². The number of carbonyl (C=O) groups is 1. The van der Waals surface area contributed by atoms with E-state index in [1.165, 1.54) is 4.90 Å². The summed E-state index contributed by atoms with van der Waals surface area (Å²) in [4.78, 5) is 16.7. The van der Waals surface area contributed by atoms with Crippen LogP contribution in [-0.4, -0.2) is 22.7 Å². The number of carboxylic acid groups (broad SMARTS) is 1. The summed E-state index contributed by atoms with van der Waals surface area (Å²) in [5.41, 5.74) is 8.99. The molecule has 4 N–H and O–H groups in total. The van der Waals surface area contributed by atoms with E-state index >= 15 is 0 Å². The number of nitrogens with zero attached hydrogens (tertiary/aromatic N) is 2. The summed E-state index contributed by atoms with van der Waals surface area (Å²) in [7, 11) is 0. The number of fused-ring (bicyclic) bond motifs is 1. The smallest absolute Gasteiger partial charge is 0.411 e. The number of halogens is 1. The van der Waals surface area contributed by atoms with E-state index in [0.29, 0.717) is 29.1 Å². The minimum absolute atomic E-state index is 0.491. The molecule has 1 aromatic heterocycles. The van der Waals surface area contributed by atoms with Gasteiger partial charge in [-0.1, -0.05) is 0 Å². The van der Waals surface area contributed by atoms with Crippen LogP contribution in [0.2, 0.25) is 0 Å². The third kappa shape index (κ3) is 2.64. The number of anilines is 4. The van der Waals surface area contributed by atoms with E-state index in [4.69, 9.17) is 10.8 Å². The van der Waals surface area contributed by atoms with E-state index in [1.807, 2.05) is 12.1 Å². The van der Waals surface area contributed by atoms with Crippen molar-refractivity contribution in [3.05, 3.63) is 40.5 Å². The van der Waals surface area contributed by atoms with Crippen LogP contribution in [-0.2, 0) is 6.42 Å². The molecule has 0 fully saturated rings. The van der Waals surface area contributed by atoms with Crippen LogP contribution >= 0.6 is 15.9 Å². The van der Waals surface area contributed by atoms with Gasteiger partial charge in [0.15, 0.2) is 5.82 Å². The van der Waals surface area contributed by atoms with Gasteiger partial charge in [-0.05, 0) is 58.2 Å². The Morgan fingerprint density at radius 1 is 1.38 bits per heavy atom. The van der Waals surface area contributed by atoms with E-state index in [0.717, 1.165) is 16.9 Å². The minimum atomic E-state index is -0.924. The molecule has 3 rings (SSSR count). The normalized spacial score (nSPS) is 13.1. The lowest BCUT2D eigenvalue weighted by atomic mass is 10.1. The lowest BCUT2D eigenvalue weighted by Crippen LogP contribution is -2.26.